The Bertz CT molecular complexity index is 1260. The van der Waals surface area contributed by atoms with Crippen molar-refractivity contribution in [3.63, 3.8) is 0 Å². The number of amides is 1. The van der Waals surface area contributed by atoms with Gasteiger partial charge in [-0.2, -0.15) is 5.10 Å². The number of imidazole rings is 1. The molecule has 1 N–H and O–H groups in total. The number of nitrogens with one attached hydrogen (secondary N) is 1. The minimum absolute atomic E-state index is 0.00182. The molecular formula is C23H20N6O3. The van der Waals surface area contributed by atoms with Crippen molar-refractivity contribution >= 4 is 17.3 Å². The summed E-state index contributed by atoms with van der Waals surface area (Å²) in [4.78, 5) is 27.7. The van der Waals surface area contributed by atoms with E-state index in [2.05, 4.69) is 21.2 Å². The van der Waals surface area contributed by atoms with E-state index in [4.69, 9.17) is 4.98 Å². The van der Waals surface area contributed by atoms with E-state index in [1.807, 2.05) is 24.3 Å². The molecule has 2 aromatic heterocycles. The molecule has 160 valence electrons. The summed E-state index contributed by atoms with van der Waals surface area (Å²) in [7, 11) is 0. The molecule has 0 saturated carbocycles. The molecule has 3 heterocycles. The molecule has 0 radical (unpaired) electrons. The Balaban J connectivity index is 1.27. The highest BCUT2D eigenvalue weighted by Gasteiger charge is 2.14. The lowest BCUT2D eigenvalue weighted by atomic mass is 10.1. The van der Waals surface area contributed by atoms with E-state index in [1.165, 1.54) is 35.9 Å². The number of fused-ring (bicyclic) bond motifs is 1. The Labute approximate surface area is 183 Å². The minimum atomic E-state index is -0.460. The van der Waals surface area contributed by atoms with Gasteiger partial charge in [-0.15, -0.1) is 0 Å². The monoisotopic (exact) mass is 428 g/mol. The fraction of sp³-hybridized carbons (Fsp3) is 0.174. The van der Waals surface area contributed by atoms with Crippen LogP contribution >= 0.6 is 0 Å². The Morgan fingerprint density at radius 3 is 2.53 bits per heavy atom. The van der Waals surface area contributed by atoms with Crippen LogP contribution in [-0.2, 0) is 13.0 Å². The molecule has 0 unspecified atom stereocenters. The number of non-ortho nitro benzene ring substituents is 1. The molecule has 2 aromatic carbocycles. The van der Waals surface area contributed by atoms with Gasteiger partial charge in [-0.05, 0) is 37.1 Å². The highest BCUT2D eigenvalue weighted by Crippen LogP contribution is 2.24. The molecule has 0 fully saturated rings. The molecule has 0 bridgehead atoms. The maximum absolute atomic E-state index is 12.6. The van der Waals surface area contributed by atoms with Crippen molar-refractivity contribution < 1.29 is 9.72 Å². The number of nitro benzene ring substituents is 1. The van der Waals surface area contributed by atoms with Crippen LogP contribution in [0.2, 0.25) is 0 Å². The lowest BCUT2D eigenvalue weighted by Gasteiger charge is -2.11. The van der Waals surface area contributed by atoms with Gasteiger partial charge in [0.1, 0.15) is 5.82 Å². The third kappa shape index (κ3) is 3.87. The Morgan fingerprint density at radius 2 is 1.81 bits per heavy atom. The zero-order valence-electron chi connectivity index (χ0n) is 17.1. The molecule has 0 atom stereocenters. The van der Waals surface area contributed by atoms with Crippen LogP contribution in [0.5, 0.6) is 0 Å². The van der Waals surface area contributed by atoms with E-state index in [1.54, 1.807) is 18.3 Å². The van der Waals surface area contributed by atoms with Gasteiger partial charge >= 0.3 is 0 Å². The largest absolute Gasteiger partial charge is 0.334 e. The highest BCUT2D eigenvalue weighted by atomic mass is 16.6. The maximum atomic E-state index is 12.6. The first-order valence-corrected chi connectivity index (χ1v) is 10.3. The number of aryl methyl sites for hydroxylation is 2. The average Bonchev–Trinajstić information content (AvgIpc) is 3.47. The van der Waals surface area contributed by atoms with Crippen LogP contribution in [0.25, 0.3) is 16.9 Å². The molecule has 5 rings (SSSR count). The number of carbonyl (C=O) groups excluding carboxylic acids is 1. The first-order valence-electron chi connectivity index (χ1n) is 10.3. The first-order chi connectivity index (χ1) is 15.6. The lowest BCUT2D eigenvalue weighted by Crippen LogP contribution is -2.11. The third-order valence-electron chi connectivity index (χ3n) is 5.52. The quantitative estimate of drug-likeness (QED) is 0.378. The Kier molecular flexibility index (Phi) is 4.98. The summed E-state index contributed by atoms with van der Waals surface area (Å²) in [6, 6.07) is 13.6. The predicted molar refractivity (Wildman–Crippen MR) is 119 cm³/mol. The second-order valence-corrected chi connectivity index (χ2v) is 7.67. The standard InChI is InChI=1S/C23H20N6O3/c30-23(17-13-24-28(14-17)19-8-10-20(11-9-19)29(31)32)25-18-6-4-16(5-7-18)21-15-27-12-2-1-3-22(27)26-21/h4-11,13-15H,1-3,12H2,(H,25,30). The molecule has 1 amide bonds. The van der Waals surface area contributed by atoms with Crippen LogP contribution in [0, 0.1) is 10.1 Å². The zero-order chi connectivity index (χ0) is 22.1. The van der Waals surface area contributed by atoms with E-state index in [9.17, 15) is 14.9 Å². The van der Waals surface area contributed by atoms with Gasteiger partial charge < -0.3 is 9.88 Å². The number of hydrogen-bond donors (Lipinski definition) is 1. The van der Waals surface area contributed by atoms with Gasteiger partial charge in [-0.25, -0.2) is 9.67 Å². The number of nitrogens with zero attached hydrogens (tertiary/aromatic N) is 5. The number of hydrogen-bond acceptors (Lipinski definition) is 5. The average molecular weight is 428 g/mol. The van der Waals surface area contributed by atoms with Crippen molar-refractivity contribution in [2.24, 2.45) is 0 Å². The third-order valence-corrected chi connectivity index (χ3v) is 5.52. The molecule has 0 aliphatic carbocycles. The molecule has 0 spiro atoms. The van der Waals surface area contributed by atoms with Crippen molar-refractivity contribution in [2.45, 2.75) is 25.8 Å². The Morgan fingerprint density at radius 1 is 1.03 bits per heavy atom. The van der Waals surface area contributed by atoms with Crippen molar-refractivity contribution in [3.8, 4) is 16.9 Å². The fourth-order valence-electron chi connectivity index (χ4n) is 3.79. The summed E-state index contributed by atoms with van der Waals surface area (Å²) >= 11 is 0. The van der Waals surface area contributed by atoms with Crippen molar-refractivity contribution in [1.29, 1.82) is 0 Å². The number of anilines is 1. The highest BCUT2D eigenvalue weighted by molar-refractivity contribution is 6.04. The van der Waals surface area contributed by atoms with E-state index in [0.29, 0.717) is 16.9 Å². The van der Waals surface area contributed by atoms with Crippen LogP contribution < -0.4 is 5.32 Å². The minimum Gasteiger partial charge on any atom is -0.334 e. The molecule has 9 nitrogen and oxygen atoms in total. The second-order valence-electron chi connectivity index (χ2n) is 7.67. The topological polar surface area (TPSA) is 108 Å². The summed E-state index contributed by atoms with van der Waals surface area (Å²) < 4.78 is 3.72. The van der Waals surface area contributed by atoms with Gasteiger partial charge in [0.25, 0.3) is 11.6 Å². The normalized spacial score (nSPS) is 12.9. The number of rotatable bonds is 5. The molecule has 9 heteroatoms. The second kappa shape index (κ2) is 8.10. The van der Waals surface area contributed by atoms with Crippen molar-refractivity contribution in [2.75, 3.05) is 5.32 Å². The van der Waals surface area contributed by atoms with Crippen molar-refractivity contribution in [1.82, 2.24) is 19.3 Å². The SMILES string of the molecule is O=C(Nc1ccc(-c2cn3c(n2)CCCC3)cc1)c1cnn(-c2ccc([N+](=O)[O-])cc2)c1. The van der Waals surface area contributed by atoms with E-state index >= 15 is 0 Å². The van der Waals surface area contributed by atoms with E-state index in [-0.39, 0.29) is 11.6 Å². The number of benzene rings is 2. The van der Waals surface area contributed by atoms with Gasteiger partial charge in [-0.1, -0.05) is 12.1 Å². The molecule has 32 heavy (non-hydrogen) atoms. The van der Waals surface area contributed by atoms with Crippen LogP contribution in [0.4, 0.5) is 11.4 Å². The molecule has 1 aliphatic rings. The summed E-state index contributed by atoms with van der Waals surface area (Å²) in [6.07, 6.45) is 8.52. The number of aromatic nitrogens is 4. The maximum Gasteiger partial charge on any atom is 0.269 e. The zero-order valence-corrected chi connectivity index (χ0v) is 17.1. The van der Waals surface area contributed by atoms with Crippen LogP contribution in [0.3, 0.4) is 0 Å². The van der Waals surface area contributed by atoms with Gasteiger partial charge in [0.05, 0.1) is 28.1 Å². The molecular weight excluding hydrogens is 408 g/mol. The predicted octanol–water partition coefficient (Wildman–Crippen LogP) is 4.23. The van der Waals surface area contributed by atoms with Gasteiger partial charge in [-0.3, -0.25) is 14.9 Å². The van der Waals surface area contributed by atoms with Crippen LogP contribution in [0.1, 0.15) is 29.0 Å². The molecule has 0 saturated heterocycles. The van der Waals surface area contributed by atoms with E-state index in [0.717, 1.165) is 30.0 Å². The van der Waals surface area contributed by atoms with Crippen LogP contribution in [-0.4, -0.2) is 30.2 Å². The number of carbonyl (C=O) groups is 1. The van der Waals surface area contributed by atoms with Gasteiger partial charge in [0.2, 0.25) is 0 Å². The summed E-state index contributed by atoms with van der Waals surface area (Å²) in [5.74, 6) is 0.844. The van der Waals surface area contributed by atoms with Gasteiger partial charge in [0, 0.05) is 48.7 Å². The van der Waals surface area contributed by atoms with Crippen molar-refractivity contribution in [3.05, 3.63) is 88.6 Å². The van der Waals surface area contributed by atoms with Crippen LogP contribution in [0.15, 0.2) is 67.1 Å². The molecule has 1 aliphatic heterocycles. The summed E-state index contributed by atoms with van der Waals surface area (Å²) in [5.41, 5.74) is 3.64. The number of nitro groups is 1. The lowest BCUT2D eigenvalue weighted by molar-refractivity contribution is -0.384. The van der Waals surface area contributed by atoms with Gasteiger partial charge in [0.15, 0.2) is 0 Å². The first kappa shape index (κ1) is 19.7. The summed E-state index contributed by atoms with van der Waals surface area (Å²) in [5, 5.41) is 17.8. The Hall–Kier alpha value is -4.27. The fourth-order valence-corrected chi connectivity index (χ4v) is 3.79. The van der Waals surface area contributed by atoms with E-state index < -0.39 is 4.92 Å². The summed E-state index contributed by atoms with van der Waals surface area (Å²) in [6.45, 7) is 1.02. The smallest absolute Gasteiger partial charge is 0.269 e. The molecule has 4 aromatic rings.